The van der Waals surface area contributed by atoms with Gasteiger partial charge in [-0.2, -0.15) is 0 Å². The monoisotopic (exact) mass is 420 g/mol. The minimum absolute atomic E-state index is 0.239. The number of aromatic nitrogens is 1. The third-order valence-electron chi connectivity index (χ3n) is 5.00. The molecule has 152 valence electrons. The molecule has 0 spiro atoms. The van der Waals surface area contributed by atoms with E-state index in [2.05, 4.69) is 4.57 Å². The molecule has 1 aromatic heterocycles. The van der Waals surface area contributed by atoms with E-state index in [-0.39, 0.29) is 17.1 Å². The number of nitrogens with zero attached hydrogens (tertiary/aromatic N) is 2. The molecule has 7 heteroatoms. The van der Waals surface area contributed by atoms with Gasteiger partial charge in [0, 0.05) is 35.8 Å². The lowest BCUT2D eigenvalue weighted by Gasteiger charge is -2.07. The van der Waals surface area contributed by atoms with Gasteiger partial charge in [-0.05, 0) is 48.5 Å². The zero-order chi connectivity index (χ0) is 21.3. The summed E-state index contributed by atoms with van der Waals surface area (Å²) in [7, 11) is 1.36. The maximum Gasteiger partial charge on any atom is 0.337 e. The first-order valence-corrected chi connectivity index (χ1v) is 10.3. The number of methoxy groups -OCH3 is 1. The van der Waals surface area contributed by atoms with Crippen LogP contribution in [0.4, 0.5) is 4.79 Å². The first-order valence-electron chi connectivity index (χ1n) is 9.52. The van der Waals surface area contributed by atoms with Crippen molar-refractivity contribution in [3.8, 4) is 0 Å². The third-order valence-corrected chi connectivity index (χ3v) is 5.90. The molecule has 1 aliphatic heterocycles. The zero-order valence-electron chi connectivity index (χ0n) is 16.6. The molecule has 1 fully saturated rings. The Morgan fingerprint density at radius 2 is 1.93 bits per heavy atom. The lowest BCUT2D eigenvalue weighted by Crippen LogP contribution is -2.27. The molecule has 0 atom stereocenters. The normalized spacial score (nSPS) is 15.4. The molecule has 3 aromatic rings. The Hall–Kier alpha value is -3.32. The van der Waals surface area contributed by atoms with Crippen molar-refractivity contribution in [2.24, 2.45) is 0 Å². The van der Waals surface area contributed by atoms with Gasteiger partial charge < -0.3 is 9.30 Å². The highest BCUT2D eigenvalue weighted by Crippen LogP contribution is 2.34. The molecule has 6 nitrogen and oxygen atoms in total. The van der Waals surface area contributed by atoms with Crippen molar-refractivity contribution in [3.05, 3.63) is 76.3 Å². The largest absolute Gasteiger partial charge is 0.465 e. The Morgan fingerprint density at radius 3 is 2.67 bits per heavy atom. The Balaban J connectivity index is 1.72. The molecule has 0 radical (unpaired) electrons. The highest BCUT2D eigenvalue weighted by molar-refractivity contribution is 8.18. The van der Waals surface area contributed by atoms with E-state index in [1.807, 2.05) is 48.7 Å². The molecule has 1 aliphatic rings. The molecule has 0 saturated carbocycles. The van der Waals surface area contributed by atoms with Gasteiger partial charge in [-0.25, -0.2) is 4.79 Å². The number of thioether (sulfide) groups is 1. The van der Waals surface area contributed by atoms with Gasteiger partial charge in [0.15, 0.2) is 0 Å². The molecule has 0 aliphatic carbocycles. The summed E-state index contributed by atoms with van der Waals surface area (Å²) in [5.41, 5.74) is 3.33. The smallest absolute Gasteiger partial charge is 0.337 e. The Kier molecular flexibility index (Phi) is 5.46. The highest BCUT2D eigenvalue weighted by atomic mass is 32.2. The fourth-order valence-electron chi connectivity index (χ4n) is 3.55. The SMILES string of the molecule is CCN1C(=O)S/C(=C\c2cn(Cc3cccc(C(=O)OC)c3)c3ccccc23)C1=O. The second-order valence-electron chi connectivity index (χ2n) is 6.85. The minimum Gasteiger partial charge on any atom is -0.465 e. The molecule has 2 amide bonds. The van der Waals surface area contributed by atoms with Crippen LogP contribution in [0.15, 0.2) is 59.6 Å². The van der Waals surface area contributed by atoms with E-state index in [1.54, 1.807) is 19.1 Å². The van der Waals surface area contributed by atoms with E-state index >= 15 is 0 Å². The fraction of sp³-hybridized carbons (Fsp3) is 0.174. The summed E-state index contributed by atoms with van der Waals surface area (Å²) in [5.74, 6) is -0.628. The number of likely N-dealkylation sites (N-methyl/N-ethyl adjacent to an activating group) is 1. The van der Waals surface area contributed by atoms with Crippen LogP contribution in [0.1, 0.15) is 28.4 Å². The van der Waals surface area contributed by atoms with Crippen molar-refractivity contribution in [2.45, 2.75) is 13.5 Å². The van der Waals surface area contributed by atoms with Gasteiger partial charge in [-0.1, -0.05) is 30.3 Å². The standard InChI is InChI=1S/C23H20N2O4S/c1-3-25-21(26)20(30-23(25)28)12-17-14-24(19-10-5-4-9-18(17)19)13-15-7-6-8-16(11-15)22(27)29-2/h4-12,14H,3,13H2,1-2H3/b20-12-. The van der Waals surface area contributed by atoms with Crippen LogP contribution in [-0.2, 0) is 16.1 Å². The number of carbonyl (C=O) groups excluding carboxylic acids is 3. The van der Waals surface area contributed by atoms with Gasteiger partial charge >= 0.3 is 5.97 Å². The van der Waals surface area contributed by atoms with Crippen molar-refractivity contribution in [3.63, 3.8) is 0 Å². The zero-order valence-corrected chi connectivity index (χ0v) is 17.4. The van der Waals surface area contributed by atoms with Crippen molar-refractivity contribution in [1.29, 1.82) is 0 Å². The highest BCUT2D eigenvalue weighted by Gasteiger charge is 2.33. The number of hydrogen-bond acceptors (Lipinski definition) is 5. The maximum atomic E-state index is 12.5. The van der Waals surface area contributed by atoms with Crippen molar-refractivity contribution >= 4 is 45.9 Å². The number of para-hydroxylation sites is 1. The van der Waals surface area contributed by atoms with Gasteiger partial charge in [0.25, 0.3) is 11.1 Å². The molecule has 0 unspecified atom stereocenters. The molecular weight excluding hydrogens is 400 g/mol. The molecule has 1 saturated heterocycles. The number of carbonyl (C=O) groups is 3. The lowest BCUT2D eigenvalue weighted by atomic mass is 10.1. The number of fused-ring (bicyclic) bond motifs is 1. The second-order valence-corrected chi connectivity index (χ2v) is 7.84. The quantitative estimate of drug-likeness (QED) is 0.448. The number of rotatable bonds is 5. The Morgan fingerprint density at radius 1 is 1.13 bits per heavy atom. The minimum atomic E-state index is -0.374. The number of esters is 1. The Labute approximate surface area is 178 Å². The van der Waals surface area contributed by atoms with Gasteiger partial charge in [-0.15, -0.1) is 0 Å². The van der Waals surface area contributed by atoms with E-state index in [0.717, 1.165) is 33.8 Å². The first-order chi connectivity index (χ1) is 14.5. The van der Waals surface area contributed by atoms with E-state index in [4.69, 9.17) is 4.74 Å². The molecule has 2 aromatic carbocycles. The Bertz CT molecular complexity index is 1190. The predicted molar refractivity (Wildman–Crippen MR) is 117 cm³/mol. The molecule has 2 heterocycles. The van der Waals surface area contributed by atoms with E-state index in [0.29, 0.717) is 23.6 Å². The lowest BCUT2D eigenvalue weighted by molar-refractivity contribution is -0.122. The van der Waals surface area contributed by atoms with Crippen molar-refractivity contribution < 1.29 is 19.1 Å². The molecular formula is C23H20N2O4S. The molecule has 4 rings (SSSR count). The average molecular weight is 420 g/mol. The van der Waals surface area contributed by atoms with Gasteiger partial charge in [0.2, 0.25) is 0 Å². The number of hydrogen-bond donors (Lipinski definition) is 0. The third kappa shape index (κ3) is 3.64. The van der Waals surface area contributed by atoms with Crippen LogP contribution in [-0.4, -0.2) is 40.2 Å². The van der Waals surface area contributed by atoms with Crippen LogP contribution >= 0.6 is 11.8 Å². The summed E-state index contributed by atoms with van der Waals surface area (Å²) in [6.07, 6.45) is 3.75. The molecule has 0 bridgehead atoms. The van der Waals surface area contributed by atoms with Crippen LogP contribution in [0, 0.1) is 0 Å². The number of imide groups is 1. The first kappa shape index (κ1) is 20.0. The molecule has 0 N–H and O–H groups in total. The van der Waals surface area contributed by atoms with E-state index in [1.165, 1.54) is 12.0 Å². The second kappa shape index (κ2) is 8.20. The predicted octanol–water partition coefficient (Wildman–Crippen LogP) is 4.53. The fourth-order valence-corrected chi connectivity index (χ4v) is 4.44. The number of ether oxygens (including phenoxy) is 1. The summed E-state index contributed by atoms with van der Waals surface area (Å²) in [4.78, 5) is 38.0. The summed E-state index contributed by atoms with van der Waals surface area (Å²) >= 11 is 0.969. The van der Waals surface area contributed by atoms with Crippen LogP contribution in [0.3, 0.4) is 0 Å². The maximum absolute atomic E-state index is 12.5. The topological polar surface area (TPSA) is 68.6 Å². The number of amides is 2. The van der Waals surface area contributed by atoms with E-state index in [9.17, 15) is 14.4 Å². The van der Waals surface area contributed by atoms with Gasteiger partial charge in [0.05, 0.1) is 17.6 Å². The van der Waals surface area contributed by atoms with Crippen molar-refractivity contribution in [2.75, 3.05) is 13.7 Å². The van der Waals surface area contributed by atoms with Crippen molar-refractivity contribution in [1.82, 2.24) is 9.47 Å². The van der Waals surface area contributed by atoms with E-state index < -0.39 is 0 Å². The van der Waals surface area contributed by atoms with Gasteiger partial charge in [0.1, 0.15) is 0 Å². The summed E-state index contributed by atoms with van der Waals surface area (Å²) in [5, 5.41) is 0.752. The van der Waals surface area contributed by atoms with Crippen LogP contribution in [0.5, 0.6) is 0 Å². The summed E-state index contributed by atoms with van der Waals surface area (Å²) in [6, 6.07) is 15.2. The average Bonchev–Trinajstić information content (AvgIpc) is 3.24. The van der Waals surface area contributed by atoms with Gasteiger partial charge in [-0.3, -0.25) is 14.5 Å². The summed E-state index contributed by atoms with van der Waals surface area (Å²) < 4.78 is 6.88. The van der Waals surface area contributed by atoms with Crippen LogP contribution in [0.2, 0.25) is 0 Å². The van der Waals surface area contributed by atoms with Crippen LogP contribution < -0.4 is 0 Å². The molecule has 30 heavy (non-hydrogen) atoms. The summed E-state index contributed by atoms with van der Waals surface area (Å²) in [6.45, 7) is 2.70. The number of benzene rings is 2. The van der Waals surface area contributed by atoms with Crippen LogP contribution in [0.25, 0.3) is 17.0 Å².